The van der Waals surface area contributed by atoms with E-state index in [9.17, 15) is 22.7 Å². The molecule has 2 aromatic heterocycles. The molecule has 2 heterocycles. The van der Waals surface area contributed by atoms with Crippen LogP contribution in [0.15, 0.2) is 30.5 Å². The second-order valence-corrected chi connectivity index (χ2v) is 9.86. The topological polar surface area (TPSA) is 50.9 Å². The maximum atomic E-state index is 13.8. The number of halogens is 4. The lowest BCUT2D eigenvalue weighted by molar-refractivity contribution is -0.138. The van der Waals surface area contributed by atoms with Crippen LogP contribution in [0.25, 0.3) is 22.3 Å². The van der Waals surface area contributed by atoms with Crippen LogP contribution in [0.3, 0.4) is 0 Å². The Kier molecular flexibility index (Phi) is 5.57. The van der Waals surface area contributed by atoms with Crippen LogP contribution in [-0.2, 0) is 17.4 Å². The fraction of sp³-hybridized carbons (Fsp3) is 0.478. The van der Waals surface area contributed by atoms with E-state index in [2.05, 4.69) is 10.1 Å². The van der Waals surface area contributed by atoms with Crippen molar-refractivity contribution in [2.75, 3.05) is 0 Å². The maximum Gasteiger partial charge on any atom is 0.326 e. The Morgan fingerprint density at radius 1 is 1.00 bits per heavy atom. The van der Waals surface area contributed by atoms with Gasteiger partial charge in [-0.15, -0.1) is 0 Å². The van der Waals surface area contributed by atoms with Gasteiger partial charge < -0.3 is 5.11 Å². The molecule has 0 saturated heterocycles. The second kappa shape index (κ2) is 7.50. The van der Waals surface area contributed by atoms with E-state index in [4.69, 9.17) is 0 Å². The second-order valence-electron chi connectivity index (χ2n) is 9.86. The first-order chi connectivity index (χ1) is 14.1. The standard InChI is InChI=1S/C23H27F4N3O/c1-21(2,3)15-10-13(11-16(18(15)31)22(4,5)6)17-14-8-7-9-28-19(14)30(29-17)12-23(26,27)20(24)25/h7-11,20,31H,12H2,1-6H3. The van der Waals surface area contributed by atoms with Crippen molar-refractivity contribution in [2.24, 2.45) is 0 Å². The zero-order valence-corrected chi connectivity index (χ0v) is 18.5. The summed E-state index contributed by atoms with van der Waals surface area (Å²) in [5, 5.41) is 15.7. The molecule has 0 fully saturated rings. The molecular weight excluding hydrogens is 410 g/mol. The van der Waals surface area contributed by atoms with Gasteiger partial charge in [0, 0.05) is 28.3 Å². The predicted octanol–water partition coefficient (Wildman–Crippen LogP) is 6.30. The SMILES string of the molecule is CC(C)(C)c1cc(-c2nn(CC(F)(F)C(F)F)c3ncccc23)cc(C(C)(C)C)c1O. The van der Waals surface area contributed by atoms with Gasteiger partial charge in [0.2, 0.25) is 0 Å². The third kappa shape index (κ3) is 4.38. The smallest absolute Gasteiger partial charge is 0.326 e. The third-order valence-corrected chi connectivity index (χ3v) is 5.19. The van der Waals surface area contributed by atoms with E-state index >= 15 is 0 Å². The van der Waals surface area contributed by atoms with E-state index in [1.165, 1.54) is 6.20 Å². The Bertz CT molecular complexity index is 1070. The number of aromatic nitrogens is 3. The summed E-state index contributed by atoms with van der Waals surface area (Å²) in [5.41, 5.74) is 1.60. The van der Waals surface area contributed by atoms with Gasteiger partial charge in [0.25, 0.3) is 0 Å². The Balaban J connectivity index is 2.30. The lowest BCUT2D eigenvalue weighted by Gasteiger charge is -2.28. The Morgan fingerprint density at radius 2 is 1.55 bits per heavy atom. The average Bonchev–Trinajstić information content (AvgIpc) is 2.98. The van der Waals surface area contributed by atoms with Crippen molar-refractivity contribution in [3.05, 3.63) is 41.6 Å². The molecule has 0 aliphatic heterocycles. The molecule has 1 aromatic carbocycles. The number of phenols is 1. The summed E-state index contributed by atoms with van der Waals surface area (Å²) in [6.45, 7) is 10.5. The first-order valence-corrected chi connectivity index (χ1v) is 9.99. The highest BCUT2D eigenvalue weighted by molar-refractivity contribution is 5.91. The summed E-state index contributed by atoms with van der Waals surface area (Å²) in [4.78, 5) is 4.10. The average molecular weight is 437 g/mol. The van der Waals surface area contributed by atoms with Crippen molar-refractivity contribution in [3.63, 3.8) is 0 Å². The predicted molar refractivity (Wildman–Crippen MR) is 113 cm³/mol. The van der Waals surface area contributed by atoms with E-state index < -0.39 is 29.7 Å². The van der Waals surface area contributed by atoms with Crippen LogP contribution in [0, 0.1) is 0 Å². The van der Waals surface area contributed by atoms with Crippen LogP contribution in [-0.4, -0.2) is 32.2 Å². The number of phenolic OH excluding ortho intramolecular Hbond substituents is 1. The number of alkyl halides is 4. The minimum atomic E-state index is -4.24. The lowest BCUT2D eigenvalue weighted by atomic mass is 9.78. The third-order valence-electron chi connectivity index (χ3n) is 5.19. The van der Waals surface area contributed by atoms with Gasteiger partial charge in [-0.05, 0) is 35.1 Å². The van der Waals surface area contributed by atoms with Crippen LogP contribution in [0.4, 0.5) is 17.6 Å². The normalized spacial score (nSPS) is 13.4. The molecule has 0 radical (unpaired) electrons. The summed E-state index contributed by atoms with van der Waals surface area (Å²) in [5.74, 6) is -4.06. The van der Waals surface area contributed by atoms with Crippen molar-refractivity contribution < 1.29 is 22.7 Å². The molecule has 0 spiro atoms. The van der Waals surface area contributed by atoms with E-state index in [0.717, 1.165) is 4.68 Å². The summed E-state index contributed by atoms with van der Waals surface area (Å²) in [6.07, 6.45) is -2.41. The molecule has 0 saturated carbocycles. The minimum Gasteiger partial charge on any atom is -0.507 e. The fourth-order valence-corrected chi connectivity index (χ4v) is 3.52. The van der Waals surface area contributed by atoms with Crippen molar-refractivity contribution in [3.8, 4) is 17.0 Å². The van der Waals surface area contributed by atoms with Gasteiger partial charge in [-0.3, -0.25) is 0 Å². The number of benzene rings is 1. The monoisotopic (exact) mass is 437 g/mol. The summed E-state index contributed by atoms with van der Waals surface area (Å²) >= 11 is 0. The molecule has 0 aliphatic rings. The van der Waals surface area contributed by atoms with E-state index in [0.29, 0.717) is 27.8 Å². The van der Waals surface area contributed by atoms with E-state index in [1.807, 2.05) is 41.5 Å². The van der Waals surface area contributed by atoms with E-state index in [-0.39, 0.29) is 11.4 Å². The van der Waals surface area contributed by atoms with Gasteiger partial charge in [0.1, 0.15) is 18.0 Å². The molecule has 0 atom stereocenters. The van der Waals surface area contributed by atoms with Crippen molar-refractivity contribution in [1.29, 1.82) is 0 Å². The number of hydrogen-bond donors (Lipinski definition) is 1. The molecule has 168 valence electrons. The highest BCUT2D eigenvalue weighted by atomic mass is 19.3. The maximum absolute atomic E-state index is 13.8. The largest absolute Gasteiger partial charge is 0.507 e. The molecule has 0 amide bonds. The van der Waals surface area contributed by atoms with Crippen LogP contribution >= 0.6 is 0 Å². The van der Waals surface area contributed by atoms with Gasteiger partial charge in [0.05, 0.1) is 0 Å². The van der Waals surface area contributed by atoms with Crippen LogP contribution in [0.5, 0.6) is 5.75 Å². The first kappa shape index (κ1) is 23.0. The molecule has 8 heteroatoms. The highest BCUT2D eigenvalue weighted by Gasteiger charge is 2.42. The molecule has 1 N–H and O–H groups in total. The summed E-state index contributed by atoms with van der Waals surface area (Å²) < 4.78 is 54.0. The molecule has 4 nitrogen and oxygen atoms in total. The minimum absolute atomic E-state index is 0.0977. The van der Waals surface area contributed by atoms with Crippen LogP contribution < -0.4 is 0 Å². The van der Waals surface area contributed by atoms with E-state index in [1.54, 1.807) is 24.3 Å². The molecule has 3 rings (SSSR count). The van der Waals surface area contributed by atoms with Crippen molar-refractivity contribution in [2.45, 2.75) is 71.3 Å². The van der Waals surface area contributed by atoms with Crippen molar-refractivity contribution in [1.82, 2.24) is 14.8 Å². The summed E-state index contributed by atoms with van der Waals surface area (Å²) in [7, 11) is 0. The summed E-state index contributed by atoms with van der Waals surface area (Å²) in [6, 6.07) is 6.85. The zero-order chi connectivity index (χ0) is 23.4. The lowest BCUT2D eigenvalue weighted by Crippen LogP contribution is -2.32. The molecule has 0 aliphatic carbocycles. The van der Waals surface area contributed by atoms with Crippen LogP contribution in [0.2, 0.25) is 0 Å². The highest BCUT2D eigenvalue weighted by Crippen LogP contribution is 2.43. The number of fused-ring (bicyclic) bond motifs is 1. The number of hydrogen-bond acceptors (Lipinski definition) is 3. The number of rotatable bonds is 4. The number of pyridine rings is 1. The molecule has 3 aromatic rings. The van der Waals surface area contributed by atoms with Gasteiger partial charge in [-0.1, -0.05) is 41.5 Å². The Hall–Kier alpha value is -2.64. The van der Waals surface area contributed by atoms with Crippen LogP contribution in [0.1, 0.15) is 52.7 Å². The molecular formula is C23H27F4N3O. The number of aromatic hydroxyl groups is 1. The van der Waals surface area contributed by atoms with Crippen molar-refractivity contribution >= 4 is 11.0 Å². The molecule has 31 heavy (non-hydrogen) atoms. The van der Waals surface area contributed by atoms with Gasteiger partial charge in [-0.2, -0.15) is 13.9 Å². The number of nitrogens with zero attached hydrogens (tertiary/aromatic N) is 3. The zero-order valence-electron chi connectivity index (χ0n) is 18.5. The van der Waals surface area contributed by atoms with Gasteiger partial charge in [0.15, 0.2) is 5.65 Å². The first-order valence-electron chi connectivity index (χ1n) is 9.99. The quantitative estimate of drug-likeness (QED) is 0.488. The Morgan fingerprint density at radius 3 is 2.03 bits per heavy atom. The molecule has 0 unspecified atom stereocenters. The van der Waals surface area contributed by atoms with Gasteiger partial charge >= 0.3 is 12.3 Å². The molecule has 0 bridgehead atoms. The fourth-order valence-electron chi connectivity index (χ4n) is 3.52. The Labute approximate surface area is 178 Å². The van der Waals surface area contributed by atoms with Gasteiger partial charge in [-0.25, -0.2) is 18.4 Å².